The molecule has 1 N–H and O–H groups in total. The summed E-state index contributed by atoms with van der Waals surface area (Å²) in [5.41, 5.74) is -0.818. The van der Waals surface area contributed by atoms with Gasteiger partial charge in [-0.3, -0.25) is 5.32 Å². The van der Waals surface area contributed by atoms with Gasteiger partial charge in [0.2, 0.25) is 5.88 Å². The summed E-state index contributed by atoms with van der Waals surface area (Å²) < 4.78 is 33.5. The van der Waals surface area contributed by atoms with E-state index in [4.69, 9.17) is 16.3 Å². The molecule has 1 aromatic rings. The lowest BCUT2D eigenvalue weighted by atomic mass is 10.2. The third kappa shape index (κ3) is 5.69. The Bertz CT molecular complexity index is 464. The van der Waals surface area contributed by atoms with Crippen molar-refractivity contribution in [3.05, 3.63) is 17.3 Å². The quantitative estimate of drug-likeness (QED) is 0.923. The van der Waals surface area contributed by atoms with Gasteiger partial charge < -0.3 is 9.47 Å². The molecule has 0 aliphatic rings. The fourth-order valence-electron chi connectivity index (χ4n) is 1.11. The number of aromatic nitrogens is 1. The molecule has 0 aliphatic heterocycles. The van der Waals surface area contributed by atoms with Gasteiger partial charge >= 0.3 is 12.7 Å². The lowest BCUT2D eigenvalue weighted by Crippen LogP contribution is -2.27. The van der Waals surface area contributed by atoms with E-state index >= 15 is 0 Å². The van der Waals surface area contributed by atoms with E-state index < -0.39 is 24.2 Å². The number of hydrogen-bond acceptors (Lipinski definition) is 4. The lowest BCUT2D eigenvalue weighted by Gasteiger charge is -2.20. The van der Waals surface area contributed by atoms with Crippen LogP contribution in [0.5, 0.6) is 5.88 Å². The maximum atomic E-state index is 12.2. The smallest absolute Gasteiger partial charge is 0.412 e. The number of amides is 1. The minimum atomic E-state index is -3.06. The van der Waals surface area contributed by atoms with Crippen molar-refractivity contribution in [3.8, 4) is 5.88 Å². The number of ether oxygens (including phenoxy) is 2. The highest BCUT2D eigenvalue weighted by molar-refractivity contribution is 6.30. The molecule has 8 heteroatoms. The number of alkyl halides is 2. The van der Waals surface area contributed by atoms with Crippen LogP contribution in [-0.2, 0) is 4.74 Å². The molecule has 1 aromatic heterocycles. The molecule has 0 saturated heterocycles. The molecule has 0 aliphatic carbocycles. The van der Waals surface area contributed by atoms with E-state index in [1.54, 1.807) is 20.8 Å². The molecule has 0 radical (unpaired) electrons. The van der Waals surface area contributed by atoms with Gasteiger partial charge in [-0.15, -0.1) is 0 Å². The van der Waals surface area contributed by atoms with E-state index in [0.717, 1.165) is 6.20 Å². The molecule has 19 heavy (non-hydrogen) atoms. The average Bonchev–Trinajstić information content (AvgIpc) is 2.18. The number of anilines is 1. The van der Waals surface area contributed by atoms with Crippen molar-refractivity contribution in [3.63, 3.8) is 0 Å². The third-order valence-corrected chi connectivity index (χ3v) is 1.86. The van der Waals surface area contributed by atoms with Crippen LogP contribution >= 0.6 is 11.6 Å². The Labute approximate surface area is 113 Å². The summed E-state index contributed by atoms with van der Waals surface area (Å²) >= 11 is 5.67. The molecule has 0 spiro atoms. The highest BCUT2D eigenvalue weighted by Gasteiger charge is 2.19. The lowest BCUT2D eigenvalue weighted by molar-refractivity contribution is -0.0523. The summed E-state index contributed by atoms with van der Waals surface area (Å²) in [7, 11) is 0. The first-order chi connectivity index (χ1) is 8.67. The minimum Gasteiger partial charge on any atom is -0.444 e. The summed E-state index contributed by atoms with van der Waals surface area (Å²) in [6.07, 6.45) is 0.301. The SMILES string of the molecule is CC(C)(C)OC(=O)Nc1cc(Cl)cnc1OC(F)F. The van der Waals surface area contributed by atoms with Crippen LogP contribution in [-0.4, -0.2) is 23.3 Å². The standard InChI is InChI=1S/C11H13ClF2N2O3/c1-11(2,3)19-10(17)16-7-4-6(12)5-15-8(7)18-9(13)14/h4-5,9H,1-3H3,(H,16,17). The number of nitrogens with zero attached hydrogens (tertiary/aromatic N) is 1. The fraction of sp³-hybridized carbons (Fsp3) is 0.455. The molecular formula is C11H13ClF2N2O3. The number of hydrogen-bond donors (Lipinski definition) is 1. The number of nitrogens with one attached hydrogen (secondary N) is 1. The number of pyridine rings is 1. The first-order valence-corrected chi connectivity index (χ1v) is 5.65. The second kappa shape index (κ2) is 6.01. The molecule has 106 valence electrons. The Morgan fingerprint density at radius 3 is 2.63 bits per heavy atom. The van der Waals surface area contributed by atoms with Crippen molar-refractivity contribution in [1.29, 1.82) is 0 Å². The zero-order chi connectivity index (χ0) is 14.6. The maximum Gasteiger partial charge on any atom is 0.412 e. The first-order valence-electron chi connectivity index (χ1n) is 5.28. The Morgan fingerprint density at radius 1 is 1.47 bits per heavy atom. The molecule has 0 unspecified atom stereocenters. The van der Waals surface area contributed by atoms with Gasteiger partial charge in [0.1, 0.15) is 11.3 Å². The second-order valence-corrected chi connectivity index (χ2v) is 4.95. The summed E-state index contributed by atoms with van der Waals surface area (Å²) in [5.74, 6) is -0.440. The van der Waals surface area contributed by atoms with Crippen LogP contribution in [0.3, 0.4) is 0 Å². The number of rotatable bonds is 3. The Hall–Kier alpha value is -1.63. The highest BCUT2D eigenvalue weighted by Crippen LogP contribution is 2.27. The molecule has 1 heterocycles. The van der Waals surface area contributed by atoms with Crippen molar-refractivity contribution >= 4 is 23.4 Å². The molecule has 1 rings (SSSR count). The predicted molar refractivity (Wildman–Crippen MR) is 65.7 cm³/mol. The Kier molecular flexibility index (Phi) is 4.88. The van der Waals surface area contributed by atoms with Crippen LogP contribution in [0.2, 0.25) is 5.02 Å². The van der Waals surface area contributed by atoms with Gasteiger partial charge in [0.25, 0.3) is 0 Å². The molecule has 0 aromatic carbocycles. The predicted octanol–water partition coefficient (Wildman–Crippen LogP) is 3.68. The van der Waals surface area contributed by atoms with Crippen LogP contribution in [0, 0.1) is 0 Å². The minimum absolute atomic E-state index is 0.0953. The van der Waals surface area contributed by atoms with Crippen molar-refractivity contribution in [2.75, 3.05) is 5.32 Å². The Balaban J connectivity index is 2.86. The molecule has 0 fully saturated rings. The van der Waals surface area contributed by atoms with Crippen molar-refractivity contribution in [1.82, 2.24) is 4.98 Å². The first kappa shape index (κ1) is 15.4. The van der Waals surface area contributed by atoms with E-state index in [2.05, 4.69) is 15.0 Å². The molecule has 1 amide bonds. The summed E-state index contributed by atoms with van der Waals surface area (Å²) in [4.78, 5) is 15.1. The Morgan fingerprint density at radius 2 is 2.11 bits per heavy atom. The zero-order valence-corrected chi connectivity index (χ0v) is 11.3. The highest BCUT2D eigenvalue weighted by atomic mass is 35.5. The summed E-state index contributed by atoms with van der Waals surface area (Å²) in [6, 6.07) is 1.23. The fourth-order valence-corrected chi connectivity index (χ4v) is 1.27. The summed E-state index contributed by atoms with van der Waals surface area (Å²) in [5, 5.41) is 2.41. The number of carbonyl (C=O) groups excluding carboxylic acids is 1. The van der Waals surface area contributed by atoms with Gasteiger partial charge in [0.15, 0.2) is 0 Å². The van der Waals surface area contributed by atoms with Gasteiger partial charge in [-0.1, -0.05) is 11.6 Å². The van der Waals surface area contributed by atoms with Crippen LogP contribution in [0.25, 0.3) is 0 Å². The number of carbonyl (C=O) groups is 1. The van der Waals surface area contributed by atoms with Crippen molar-refractivity contribution in [2.45, 2.75) is 33.0 Å². The van der Waals surface area contributed by atoms with Gasteiger partial charge in [0, 0.05) is 6.20 Å². The van der Waals surface area contributed by atoms with Crippen LogP contribution in [0.15, 0.2) is 12.3 Å². The van der Waals surface area contributed by atoms with E-state index in [-0.39, 0.29) is 10.7 Å². The average molecular weight is 295 g/mol. The van der Waals surface area contributed by atoms with Crippen molar-refractivity contribution in [2.24, 2.45) is 0 Å². The molecule has 0 atom stereocenters. The normalized spacial score (nSPS) is 11.3. The van der Waals surface area contributed by atoms with Crippen LogP contribution in [0.1, 0.15) is 20.8 Å². The second-order valence-electron chi connectivity index (χ2n) is 4.51. The van der Waals surface area contributed by atoms with E-state index in [1.807, 2.05) is 0 Å². The molecule has 0 saturated carbocycles. The van der Waals surface area contributed by atoms with Gasteiger partial charge in [-0.05, 0) is 26.8 Å². The van der Waals surface area contributed by atoms with E-state index in [0.29, 0.717) is 0 Å². The molecule has 0 bridgehead atoms. The molecular weight excluding hydrogens is 282 g/mol. The summed E-state index contributed by atoms with van der Waals surface area (Å²) in [6.45, 7) is 1.94. The van der Waals surface area contributed by atoms with Crippen LogP contribution < -0.4 is 10.1 Å². The zero-order valence-electron chi connectivity index (χ0n) is 10.5. The van der Waals surface area contributed by atoms with Gasteiger partial charge in [-0.2, -0.15) is 8.78 Å². The van der Waals surface area contributed by atoms with E-state index in [9.17, 15) is 13.6 Å². The van der Waals surface area contributed by atoms with E-state index in [1.165, 1.54) is 6.07 Å². The molecule has 5 nitrogen and oxygen atoms in total. The monoisotopic (exact) mass is 294 g/mol. The maximum absolute atomic E-state index is 12.2. The van der Waals surface area contributed by atoms with Crippen molar-refractivity contribution < 1.29 is 23.0 Å². The van der Waals surface area contributed by atoms with Gasteiger partial charge in [-0.25, -0.2) is 9.78 Å². The third-order valence-electron chi connectivity index (χ3n) is 1.65. The largest absolute Gasteiger partial charge is 0.444 e. The number of halogens is 3. The topological polar surface area (TPSA) is 60.5 Å². The van der Waals surface area contributed by atoms with Crippen LogP contribution in [0.4, 0.5) is 19.3 Å². The van der Waals surface area contributed by atoms with Gasteiger partial charge in [0.05, 0.1) is 5.02 Å².